The van der Waals surface area contributed by atoms with Crippen LogP contribution in [0, 0.1) is 0 Å². The second kappa shape index (κ2) is 7.26. The number of anilines is 1. The molecule has 0 bridgehead atoms. The molecule has 0 unspecified atom stereocenters. The molecule has 0 atom stereocenters. The highest BCUT2D eigenvalue weighted by Crippen LogP contribution is 2.18. The minimum absolute atomic E-state index is 0.101. The number of nitrogens with zero attached hydrogens (tertiary/aromatic N) is 1. The van der Waals surface area contributed by atoms with Gasteiger partial charge in [0.05, 0.1) is 24.6 Å². The Kier molecular flexibility index (Phi) is 5.92. The number of benzene rings is 1. The fourth-order valence-corrected chi connectivity index (χ4v) is 2.46. The van der Waals surface area contributed by atoms with Gasteiger partial charge in [0.25, 0.3) is 5.91 Å². The number of hydrogen-bond donors (Lipinski definition) is 1. The highest BCUT2D eigenvalue weighted by atomic mass is 32.2. The van der Waals surface area contributed by atoms with Gasteiger partial charge in [0, 0.05) is 19.2 Å². The lowest BCUT2D eigenvalue weighted by Gasteiger charge is -2.17. The van der Waals surface area contributed by atoms with Gasteiger partial charge in [0.15, 0.2) is 0 Å². The molecule has 7 nitrogen and oxygen atoms in total. The predicted octanol–water partition coefficient (Wildman–Crippen LogP) is 1.33. The van der Waals surface area contributed by atoms with Crippen LogP contribution in [0.2, 0.25) is 0 Å². The van der Waals surface area contributed by atoms with Crippen molar-refractivity contribution in [1.29, 1.82) is 0 Å². The SMILES string of the molecule is CCCN(C)C(=O)c1cc(NS(C)(=O)=O)cc(C(=O)OC)c1. The Morgan fingerprint density at radius 1 is 1.23 bits per heavy atom. The van der Waals surface area contributed by atoms with Crippen LogP contribution in [0.4, 0.5) is 5.69 Å². The van der Waals surface area contributed by atoms with Crippen molar-refractivity contribution in [3.8, 4) is 0 Å². The average Bonchev–Trinajstić information content (AvgIpc) is 2.43. The molecule has 1 aromatic carbocycles. The molecule has 0 radical (unpaired) electrons. The summed E-state index contributed by atoms with van der Waals surface area (Å²) < 4.78 is 29.6. The van der Waals surface area contributed by atoms with E-state index in [1.807, 2.05) is 6.92 Å². The van der Waals surface area contributed by atoms with Gasteiger partial charge in [0.1, 0.15) is 0 Å². The van der Waals surface area contributed by atoms with Crippen molar-refractivity contribution in [2.45, 2.75) is 13.3 Å². The third-order valence-electron chi connectivity index (χ3n) is 2.81. The molecule has 1 amide bonds. The zero-order valence-corrected chi connectivity index (χ0v) is 13.9. The van der Waals surface area contributed by atoms with E-state index in [0.717, 1.165) is 12.7 Å². The molecule has 0 aliphatic rings. The van der Waals surface area contributed by atoms with Crippen molar-refractivity contribution >= 4 is 27.6 Å². The molecular formula is C14H20N2O5S. The Hall–Kier alpha value is -2.09. The van der Waals surface area contributed by atoms with Gasteiger partial charge in [-0.15, -0.1) is 0 Å². The normalized spacial score (nSPS) is 10.9. The Morgan fingerprint density at radius 3 is 2.32 bits per heavy atom. The number of ether oxygens (including phenoxy) is 1. The van der Waals surface area contributed by atoms with Crippen molar-refractivity contribution in [3.05, 3.63) is 29.3 Å². The standard InChI is InChI=1S/C14H20N2O5S/c1-5-6-16(2)13(17)10-7-11(14(18)21-3)9-12(8-10)15-22(4,19)20/h7-9,15H,5-6H2,1-4H3. The van der Waals surface area contributed by atoms with Crippen LogP contribution < -0.4 is 4.72 Å². The highest BCUT2D eigenvalue weighted by molar-refractivity contribution is 7.92. The molecule has 0 heterocycles. The molecule has 0 aromatic heterocycles. The monoisotopic (exact) mass is 328 g/mol. The summed E-state index contributed by atoms with van der Waals surface area (Å²) in [5.41, 5.74) is 0.452. The topological polar surface area (TPSA) is 92.8 Å². The largest absolute Gasteiger partial charge is 0.465 e. The summed E-state index contributed by atoms with van der Waals surface area (Å²) in [6.45, 7) is 2.49. The van der Waals surface area contributed by atoms with Crippen LogP contribution in [-0.2, 0) is 14.8 Å². The van der Waals surface area contributed by atoms with Crippen LogP contribution in [0.3, 0.4) is 0 Å². The fourth-order valence-electron chi connectivity index (χ4n) is 1.92. The zero-order valence-electron chi connectivity index (χ0n) is 13.0. The molecule has 1 N–H and O–H groups in total. The first-order valence-corrected chi connectivity index (χ1v) is 8.53. The summed E-state index contributed by atoms with van der Waals surface area (Å²) in [6, 6.07) is 4.10. The minimum Gasteiger partial charge on any atom is -0.465 e. The van der Waals surface area contributed by atoms with Crippen LogP contribution >= 0.6 is 0 Å². The van der Waals surface area contributed by atoms with Gasteiger partial charge >= 0.3 is 5.97 Å². The highest BCUT2D eigenvalue weighted by Gasteiger charge is 2.17. The van der Waals surface area contributed by atoms with Gasteiger partial charge in [-0.2, -0.15) is 0 Å². The quantitative estimate of drug-likeness (QED) is 0.795. The first kappa shape index (κ1) is 18.0. The smallest absolute Gasteiger partial charge is 0.337 e. The number of rotatable bonds is 6. The molecule has 8 heteroatoms. The summed E-state index contributed by atoms with van der Waals surface area (Å²) >= 11 is 0. The van der Waals surface area contributed by atoms with Crippen molar-refractivity contribution < 1.29 is 22.7 Å². The van der Waals surface area contributed by atoms with E-state index in [1.54, 1.807) is 7.05 Å². The molecule has 1 rings (SSSR count). The third kappa shape index (κ3) is 5.03. The van der Waals surface area contributed by atoms with Crippen molar-refractivity contribution in [3.63, 3.8) is 0 Å². The second-order valence-electron chi connectivity index (χ2n) is 4.89. The van der Waals surface area contributed by atoms with E-state index in [4.69, 9.17) is 0 Å². The maximum Gasteiger partial charge on any atom is 0.337 e. The number of esters is 1. The lowest BCUT2D eigenvalue weighted by molar-refractivity contribution is 0.0600. The number of nitrogens with one attached hydrogen (secondary N) is 1. The number of hydrogen-bond acceptors (Lipinski definition) is 5. The molecule has 0 aliphatic carbocycles. The van der Waals surface area contributed by atoms with Crippen molar-refractivity contribution in [2.24, 2.45) is 0 Å². The zero-order chi connectivity index (χ0) is 16.9. The summed E-state index contributed by atoms with van der Waals surface area (Å²) in [4.78, 5) is 25.5. The van der Waals surface area contributed by atoms with E-state index < -0.39 is 16.0 Å². The number of amides is 1. The van der Waals surface area contributed by atoms with Gasteiger partial charge in [-0.1, -0.05) is 6.92 Å². The maximum atomic E-state index is 12.3. The summed E-state index contributed by atoms with van der Waals surface area (Å²) in [5, 5.41) is 0. The predicted molar refractivity (Wildman–Crippen MR) is 83.5 cm³/mol. The third-order valence-corrected chi connectivity index (χ3v) is 3.42. The van der Waals surface area contributed by atoms with Gasteiger partial charge in [-0.25, -0.2) is 13.2 Å². The molecule has 122 valence electrons. The van der Waals surface area contributed by atoms with Gasteiger partial charge < -0.3 is 9.64 Å². The molecular weight excluding hydrogens is 308 g/mol. The van der Waals surface area contributed by atoms with Crippen LogP contribution in [-0.4, -0.2) is 52.2 Å². The van der Waals surface area contributed by atoms with E-state index in [0.29, 0.717) is 6.54 Å². The van der Waals surface area contributed by atoms with Crippen LogP contribution in [0.15, 0.2) is 18.2 Å². The summed E-state index contributed by atoms with van der Waals surface area (Å²) in [7, 11) is -0.675. The molecule has 0 fully saturated rings. The van der Waals surface area contributed by atoms with E-state index in [2.05, 4.69) is 9.46 Å². The van der Waals surface area contributed by atoms with Crippen molar-refractivity contribution in [1.82, 2.24) is 4.90 Å². The first-order valence-electron chi connectivity index (χ1n) is 6.64. The number of sulfonamides is 1. The Bertz CT molecular complexity index is 670. The Balaban J connectivity index is 3.29. The average molecular weight is 328 g/mol. The fraction of sp³-hybridized carbons (Fsp3) is 0.429. The van der Waals surface area contributed by atoms with Crippen molar-refractivity contribution in [2.75, 3.05) is 31.7 Å². The summed E-state index contributed by atoms with van der Waals surface area (Å²) in [6.07, 6.45) is 1.77. The van der Waals surface area contributed by atoms with Crippen LogP contribution in [0.25, 0.3) is 0 Å². The first-order chi connectivity index (χ1) is 10.2. The van der Waals surface area contributed by atoms with Gasteiger partial charge in [0.2, 0.25) is 10.0 Å². The molecule has 0 saturated carbocycles. The molecule has 0 spiro atoms. The molecule has 1 aromatic rings. The number of methoxy groups -OCH3 is 1. The van der Waals surface area contributed by atoms with E-state index in [9.17, 15) is 18.0 Å². The van der Waals surface area contributed by atoms with Crippen LogP contribution in [0.1, 0.15) is 34.1 Å². The Labute approximate surface area is 130 Å². The lowest BCUT2D eigenvalue weighted by Crippen LogP contribution is -2.27. The number of carbonyl (C=O) groups is 2. The van der Waals surface area contributed by atoms with Gasteiger partial charge in [-0.3, -0.25) is 9.52 Å². The van der Waals surface area contributed by atoms with E-state index in [-0.39, 0.29) is 22.7 Å². The minimum atomic E-state index is -3.53. The maximum absolute atomic E-state index is 12.3. The molecule has 0 saturated heterocycles. The molecule has 22 heavy (non-hydrogen) atoms. The lowest BCUT2D eigenvalue weighted by atomic mass is 10.1. The van der Waals surface area contributed by atoms with Gasteiger partial charge in [-0.05, 0) is 24.6 Å². The van der Waals surface area contributed by atoms with E-state index >= 15 is 0 Å². The summed E-state index contributed by atoms with van der Waals surface area (Å²) in [5.74, 6) is -0.950. The number of carbonyl (C=O) groups excluding carboxylic acids is 2. The second-order valence-corrected chi connectivity index (χ2v) is 6.64. The Morgan fingerprint density at radius 2 is 1.82 bits per heavy atom. The van der Waals surface area contributed by atoms with Crippen LogP contribution in [0.5, 0.6) is 0 Å². The molecule has 0 aliphatic heterocycles. The van der Waals surface area contributed by atoms with E-state index in [1.165, 1.54) is 30.2 Å².